The lowest BCUT2D eigenvalue weighted by Crippen LogP contribution is -2.44. The lowest BCUT2D eigenvalue weighted by Gasteiger charge is -2.31. The van der Waals surface area contributed by atoms with Gasteiger partial charge in [0.2, 0.25) is 0 Å². The number of carbonyl (C=O) groups is 1. The van der Waals surface area contributed by atoms with Crippen LogP contribution in [0.4, 0.5) is 5.82 Å². The Morgan fingerprint density at radius 3 is 2.64 bits per heavy atom. The molecular weight excluding hydrogens is 314 g/mol. The minimum absolute atomic E-state index is 0.00343. The van der Waals surface area contributed by atoms with Crippen LogP contribution in [0.25, 0.3) is 16.6 Å². The molecular formula is C20H21N3O2. The number of benzene rings is 2. The van der Waals surface area contributed by atoms with Gasteiger partial charge in [-0.2, -0.15) is 0 Å². The molecule has 0 amide bonds. The van der Waals surface area contributed by atoms with Gasteiger partial charge in [0, 0.05) is 37.3 Å². The number of anilines is 1. The first-order chi connectivity index (χ1) is 12.3. The summed E-state index contributed by atoms with van der Waals surface area (Å²) in [5, 5.41) is 13.8. The highest BCUT2D eigenvalue weighted by Crippen LogP contribution is 2.35. The van der Waals surface area contributed by atoms with Crippen molar-refractivity contribution in [2.75, 3.05) is 31.1 Å². The molecule has 1 fully saturated rings. The Labute approximate surface area is 146 Å². The summed E-state index contributed by atoms with van der Waals surface area (Å²) in [5.41, 5.74) is 3.55. The highest BCUT2D eigenvalue weighted by molar-refractivity contribution is 6.05. The van der Waals surface area contributed by atoms with Gasteiger partial charge in [0.15, 0.2) is 6.29 Å². The number of piperazine rings is 1. The van der Waals surface area contributed by atoms with Gasteiger partial charge >= 0.3 is 0 Å². The molecule has 0 unspecified atom stereocenters. The van der Waals surface area contributed by atoms with Gasteiger partial charge in [0.25, 0.3) is 0 Å². The molecule has 1 aliphatic heterocycles. The number of fused-ring (bicyclic) bond motifs is 1. The minimum Gasteiger partial charge on any atom is -0.392 e. The van der Waals surface area contributed by atoms with E-state index in [1.807, 2.05) is 48.5 Å². The van der Waals surface area contributed by atoms with Gasteiger partial charge in [0.05, 0.1) is 17.7 Å². The first-order valence-corrected chi connectivity index (χ1v) is 8.58. The second-order valence-electron chi connectivity index (χ2n) is 6.27. The SMILES string of the molecule is O=Cc1c(N2CCNCC2)n(-c2cccc(CO)c2)c2ccccc12. The standard InChI is InChI=1S/C20H21N3O2/c24-13-15-4-3-5-16(12-15)23-19-7-2-1-6-17(19)18(14-25)20(23)22-10-8-21-9-11-22/h1-7,12,14,21,24H,8-11,13H2. The Kier molecular flexibility index (Phi) is 4.26. The summed E-state index contributed by atoms with van der Waals surface area (Å²) < 4.78 is 2.14. The Balaban J connectivity index is 2.01. The van der Waals surface area contributed by atoms with E-state index in [2.05, 4.69) is 14.8 Å². The van der Waals surface area contributed by atoms with Crippen molar-refractivity contribution in [1.82, 2.24) is 9.88 Å². The van der Waals surface area contributed by atoms with E-state index in [9.17, 15) is 9.90 Å². The van der Waals surface area contributed by atoms with Crippen LogP contribution in [0.2, 0.25) is 0 Å². The van der Waals surface area contributed by atoms with Gasteiger partial charge in [-0.15, -0.1) is 0 Å². The smallest absolute Gasteiger partial charge is 0.154 e. The predicted molar refractivity (Wildman–Crippen MR) is 99.7 cm³/mol. The van der Waals surface area contributed by atoms with Gasteiger partial charge in [-0.3, -0.25) is 9.36 Å². The number of rotatable bonds is 4. The number of nitrogens with one attached hydrogen (secondary N) is 1. The second-order valence-corrected chi connectivity index (χ2v) is 6.27. The van der Waals surface area contributed by atoms with Crippen LogP contribution in [0.1, 0.15) is 15.9 Å². The molecule has 25 heavy (non-hydrogen) atoms. The first-order valence-electron chi connectivity index (χ1n) is 8.58. The zero-order valence-electron chi connectivity index (χ0n) is 14.0. The molecule has 0 spiro atoms. The number of para-hydroxylation sites is 1. The molecule has 2 N–H and O–H groups in total. The molecule has 0 radical (unpaired) electrons. The predicted octanol–water partition coefficient (Wildman–Crippen LogP) is 2.34. The van der Waals surface area contributed by atoms with Crippen LogP contribution in [0.5, 0.6) is 0 Å². The zero-order valence-corrected chi connectivity index (χ0v) is 14.0. The summed E-state index contributed by atoms with van der Waals surface area (Å²) in [6.07, 6.45) is 0.964. The largest absolute Gasteiger partial charge is 0.392 e. The summed E-state index contributed by atoms with van der Waals surface area (Å²) in [5.74, 6) is 0.938. The lowest BCUT2D eigenvalue weighted by molar-refractivity contribution is 0.112. The summed E-state index contributed by atoms with van der Waals surface area (Å²) in [6, 6.07) is 15.8. The molecule has 1 saturated heterocycles. The highest BCUT2D eigenvalue weighted by atomic mass is 16.3. The average molecular weight is 335 g/mol. The van der Waals surface area contributed by atoms with Gasteiger partial charge in [-0.25, -0.2) is 0 Å². The van der Waals surface area contributed by atoms with Crippen molar-refractivity contribution in [2.24, 2.45) is 0 Å². The molecule has 0 atom stereocenters. The van der Waals surface area contributed by atoms with E-state index in [4.69, 9.17) is 0 Å². The minimum atomic E-state index is -0.00343. The highest BCUT2D eigenvalue weighted by Gasteiger charge is 2.23. The third kappa shape index (κ3) is 2.71. The first kappa shape index (κ1) is 15.9. The lowest BCUT2D eigenvalue weighted by atomic mass is 10.2. The number of nitrogens with zero attached hydrogens (tertiary/aromatic N) is 2. The van der Waals surface area contributed by atoms with E-state index in [1.54, 1.807) is 0 Å². The Morgan fingerprint density at radius 2 is 1.88 bits per heavy atom. The van der Waals surface area contributed by atoms with Crippen molar-refractivity contribution in [2.45, 2.75) is 6.61 Å². The molecule has 1 aromatic heterocycles. The van der Waals surface area contributed by atoms with Crippen molar-refractivity contribution in [3.05, 3.63) is 59.7 Å². The maximum atomic E-state index is 12.0. The normalized spacial score (nSPS) is 14.8. The number of carbonyl (C=O) groups excluding carboxylic acids is 1. The van der Waals surface area contributed by atoms with E-state index in [1.165, 1.54) is 0 Å². The van der Waals surface area contributed by atoms with Crippen molar-refractivity contribution in [3.8, 4) is 5.69 Å². The summed E-state index contributed by atoms with van der Waals surface area (Å²) in [4.78, 5) is 14.2. The number of aromatic nitrogens is 1. The number of hydrogen-bond donors (Lipinski definition) is 2. The topological polar surface area (TPSA) is 57.5 Å². The van der Waals surface area contributed by atoms with Gasteiger partial charge < -0.3 is 15.3 Å². The van der Waals surface area contributed by atoms with Crippen molar-refractivity contribution in [3.63, 3.8) is 0 Å². The number of aldehydes is 1. The van der Waals surface area contributed by atoms with Gasteiger partial charge in [-0.05, 0) is 23.8 Å². The number of aliphatic hydroxyl groups excluding tert-OH is 1. The third-order valence-electron chi connectivity index (χ3n) is 4.77. The van der Waals surface area contributed by atoms with Crippen LogP contribution in [-0.2, 0) is 6.61 Å². The van der Waals surface area contributed by atoms with Crippen LogP contribution in [0.15, 0.2) is 48.5 Å². The molecule has 4 rings (SSSR count). The molecule has 0 aliphatic carbocycles. The second kappa shape index (κ2) is 6.70. The van der Waals surface area contributed by atoms with Crippen LogP contribution < -0.4 is 10.2 Å². The maximum Gasteiger partial charge on any atom is 0.154 e. The number of hydrogen-bond acceptors (Lipinski definition) is 4. The molecule has 0 saturated carbocycles. The van der Waals surface area contributed by atoms with E-state index in [-0.39, 0.29) is 6.61 Å². The Morgan fingerprint density at radius 1 is 1.08 bits per heavy atom. The van der Waals surface area contributed by atoms with Gasteiger partial charge in [-0.1, -0.05) is 30.3 Å². The number of aliphatic hydroxyl groups is 1. The summed E-state index contributed by atoms with van der Waals surface area (Å²) in [7, 11) is 0. The van der Waals surface area contributed by atoms with E-state index < -0.39 is 0 Å². The Hall–Kier alpha value is -2.63. The summed E-state index contributed by atoms with van der Waals surface area (Å²) in [6.45, 7) is 3.51. The van der Waals surface area contributed by atoms with E-state index >= 15 is 0 Å². The third-order valence-corrected chi connectivity index (χ3v) is 4.77. The molecule has 3 aromatic rings. The van der Waals surface area contributed by atoms with E-state index in [0.717, 1.165) is 66.0 Å². The zero-order chi connectivity index (χ0) is 17.2. The van der Waals surface area contributed by atoms with Crippen LogP contribution >= 0.6 is 0 Å². The molecule has 5 nitrogen and oxygen atoms in total. The van der Waals surface area contributed by atoms with Crippen molar-refractivity contribution >= 4 is 23.0 Å². The van der Waals surface area contributed by atoms with Crippen molar-refractivity contribution < 1.29 is 9.90 Å². The van der Waals surface area contributed by atoms with Gasteiger partial charge in [0.1, 0.15) is 5.82 Å². The monoisotopic (exact) mass is 335 g/mol. The average Bonchev–Trinajstić information content (AvgIpc) is 3.03. The fourth-order valence-electron chi connectivity index (χ4n) is 3.61. The van der Waals surface area contributed by atoms with Crippen LogP contribution in [-0.4, -0.2) is 42.1 Å². The molecule has 1 aliphatic rings. The van der Waals surface area contributed by atoms with Crippen LogP contribution in [0, 0.1) is 0 Å². The fourth-order valence-corrected chi connectivity index (χ4v) is 3.61. The summed E-state index contributed by atoms with van der Waals surface area (Å²) >= 11 is 0. The molecule has 2 aromatic carbocycles. The molecule has 0 bridgehead atoms. The molecule has 5 heteroatoms. The van der Waals surface area contributed by atoms with E-state index in [0.29, 0.717) is 0 Å². The Bertz CT molecular complexity index is 910. The molecule has 128 valence electrons. The molecule has 2 heterocycles. The maximum absolute atomic E-state index is 12.0. The quantitative estimate of drug-likeness (QED) is 0.719. The fraction of sp³-hybridized carbons (Fsp3) is 0.250. The van der Waals surface area contributed by atoms with Crippen LogP contribution in [0.3, 0.4) is 0 Å². The van der Waals surface area contributed by atoms with Crippen molar-refractivity contribution in [1.29, 1.82) is 0 Å².